The molecule has 0 aromatic carbocycles. The van der Waals surface area contributed by atoms with Gasteiger partial charge in [-0.25, -0.2) is 0 Å². The molecule has 0 bridgehead atoms. The molecule has 6 nitrogen and oxygen atoms in total. The average molecular weight is 781 g/mol. The molecule has 0 fully saturated rings. The van der Waals surface area contributed by atoms with Gasteiger partial charge in [-0.3, -0.25) is 14.4 Å². The molecule has 1 atom stereocenters. The van der Waals surface area contributed by atoms with Crippen LogP contribution < -0.4 is 0 Å². The van der Waals surface area contributed by atoms with Crippen LogP contribution in [-0.4, -0.2) is 37.2 Å². The first kappa shape index (κ1) is 52.9. The van der Waals surface area contributed by atoms with E-state index in [0.717, 1.165) is 128 Å². The number of unbranched alkanes of at least 4 members (excludes halogenated alkanes) is 17. The molecule has 0 heterocycles. The van der Waals surface area contributed by atoms with Crippen LogP contribution in [0.3, 0.4) is 0 Å². The van der Waals surface area contributed by atoms with Gasteiger partial charge >= 0.3 is 17.9 Å². The number of carbonyl (C=O) groups excluding carboxylic acids is 3. The lowest BCUT2D eigenvalue weighted by molar-refractivity contribution is -0.167. The Kier molecular flexibility index (Phi) is 42.1. The zero-order valence-electron chi connectivity index (χ0n) is 36.4. The first-order chi connectivity index (χ1) is 27.5. The van der Waals surface area contributed by atoms with Crippen molar-refractivity contribution in [2.45, 2.75) is 213 Å². The van der Waals surface area contributed by atoms with Crippen LogP contribution in [-0.2, 0) is 28.6 Å². The zero-order chi connectivity index (χ0) is 40.8. The molecule has 6 heteroatoms. The summed E-state index contributed by atoms with van der Waals surface area (Å²) in [5, 5.41) is 0. The summed E-state index contributed by atoms with van der Waals surface area (Å²) in [5.41, 5.74) is 0. The number of ether oxygens (including phenoxy) is 3. The van der Waals surface area contributed by atoms with Crippen LogP contribution in [0, 0.1) is 0 Å². The second-order valence-corrected chi connectivity index (χ2v) is 14.9. The quantitative estimate of drug-likeness (QED) is 0.0267. The molecule has 0 N–H and O–H groups in total. The minimum Gasteiger partial charge on any atom is -0.462 e. The highest BCUT2D eigenvalue weighted by Gasteiger charge is 2.19. The lowest BCUT2D eigenvalue weighted by atomic mass is 10.1. The maximum atomic E-state index is 12.7. The zero-order valence-corrected chi connectivity index (χ0v) is 36.4. The summed E-state index contributed by atoms with van der Waals surface area (Å²) in [6.45, 7) is 6.38. The van der Waals surface area contributed by atoms with Crippen molar-refractivity contribution in [3.63, 3.8) is 0 Å². The first-order valence-corrected chi connectivity index (χ1v) is 22.9. The van der Waals surface area contributed by atoms with Crippen molar-refractivity contribution in [1.29, 1.82) is 0 Å². The minimum absolute atomic E-state index is 0.0892. The minimum atomic E-state index is -0.788. The van der Waals surface area contributed by atoms with Crippen molar-refractivity contribution >= 4 is 17.9 Å². The molecule has 0 amide bonds. The predicted octanol–water partition coefficient (Wildman–Crippen LogP) is 14.7. The summed E-state index contributed by atoms with van der Waals surface area (Å²) in [6.07, 6.45) is 54.6. The Morgan fingerprint density at radius 3 is 1.16 bits per heavy atom. The second kappa shape index (κ2) is 44.6. The molecule has 0 saturated heterocycles. The number of esters is 3. The molecule has 0 aromatic rings. The molecule has 0 radical (unpaired) electrons. The van der Waals surface area contributed by atoms with Crippen LogP contribution in [0.15, 0.2) is 72.9 Å². The van der Waals surface area contributed by atoms with Gasteiger partial charge in [0.2, 0.25) is 0 Å². The van der Waals surface area contributed by atoms with Crippen molar-refractivity contribution in [2.24, 2.45) is 0 Å². The number of rotatable bonds is 40. The molecule has 1 unspecified atom stereocenters. The maximum Gasteiger partial charge on any atom is 0.306 e. The largest absolute Gasteiger partial charge is 0.462 e. The van der Waals surface area contributed by atoms with Crippen molar-refractivity contribution < 1.29 is 28.6 Å². The molecule has 0 aliphatic rings. The van der Waals surface area contributed by atoms with E-state index in [0.29, 0.717) is 19.3 Å². The van der Waals surface area contributed by atoms with Crippen LogP contribution in [0.5, 0.6) is 0 Å². The Bertz CT molecular complexity index is 1080. The fourth-order valence-corrected chi connectivity index (χ4v) is 6.00. The number of allylic oxidation sites excluding steroid dienone is 12. The maximum absolute atomic E-state index is 12.7. The van der Waals surface area contributed by atoms with E-state index in [2.05, 4.69) is 93.7 Å². The van der Waals surface area contributed by atoms with Crippen LogP contribution in [0.2, 0.25) is 0 Å². The number of hydrogen-bond acceptors (Lipinski definition) is 6. The van der Waals surface area contributed by atoms with E-state index < -0.39 is 6.10 Å². The topological polar surface area (TPSA) is 78.9 Å². The fourth-order valence-electron chi connectivity index (χ4n) is 6.00. The molecule has 0 saturated carbocycles. The smallest absolute Gasteiger partial charge is 0.306 e. The summed E-state index contributed by atoms with van der Waals surface area (Å²) in [4.78, 5) is 37.7. The fraction of sp³-hybridized carbons (Fsp3) is 0.700. The van der Waals surface area contributed by atoms with Gasteiger partial charge in [0.15, 0.2) is 6.10 Å². The highest BCUT2D eigenvalue weighted by atomic mass is 16.6. The summed E-state index contributed by atoms with van der Waals surface area (Å²) in [5.74, 6) is -0.938. The van der Waals surface area contributed by atoms with Crippen molar-refractivity contribution in [2.75, 3.05) is 13.2 Å². The summed E-state index contributed by atoms with van der Waals surface area (Å²) < 4.78 is 16.6. The monoisotopic (exact) mass is 781 g/mol. The van der Waals surface area contributed by atoms with Gasteiger partial charge in [-0.15, -0.1) is 0 Å². The number of carbonyl (C=O) groups is 3. The highest BCUT2D eigenvalue weighted by molar-refractivity contribution is 5.71. The van der Waals surface area contributed by atoms with E-state index in [9.17, 15) is 14.4 Å². The summed E-state index contributed by atoms with van der Waals surface area (Å²) in [7, 11) is 0. The third kappa shape index (κ3) is 42.0. The van der Waals surface area contributed by atoms with E-state index in [1.54, 1.807) is 0 Å². The Morgan fingerprint density at radius 1 is 0.375 bits per heavy atom. The summed E-state index contributed by atoms with van der Waals surface area (Å²) in [6, 6.07) is 0. The molecule has 56 heavy (non-hydrogen) atoms. The van der Waals surface area contributed by atoms with Gasteiger partial charge in [0.25, 0.3) is 0 Å². The second-order valence-electron chi connectivity index (χ2n) is 14.9. The molecule has 0 rings (SSSR count). The van der Waals surface area contributed by atoms with Crippen molar-refractivity contribution in [3.8, 4) is 0 Å². The third-order valence-electron chi connectivity index (χ3n) is 9.43. The molecular formula is C50H84O6. The normalized spacial score (nSPS) is 12.7. The SMILES string of the molecule is CC/C=C\C/C=C\C/C=C\C/C=C\CCCCCCC(=O)OCC(COC(=O)CCCCCCCCCC)OC(=O)CCCCCCC/C=C\C/C=C\CCC. The van der Waals surface area contributed by atoms with Gasteiger partial charge < -0.3 is 14.2 Å². The van der Waals surface area contributed by atoms with Gasteiger partial charge in [0.1, 0.15) is 13.2 Å². The summed E-state index contributed by atoms with van der Waals surface area (Å²) >= 11 is 0. The van der Waals surface area contributed by atoms with Crippen molar-refractivity contribution in [3.05, 3.63) is 72.9 Å². The Morgan fingerprint density at radius 2 is 0.732 bits per heavy atom. The van der Waals surface area contributed by atoms with Gasteiger partial charge in [-0.2, -0.15) is 0 Å². The van der Waals surface area contributed by atoms with Crippen LogP contribution >= 0.6 is 0 Å². The van der Waals surface area contributed by atoms with Gasteiger partial charge in [0.05, 0.1) is 0 Å². The lowest BCUT2D eigenvalue weighted by Gasteiger charge is -2.18. The molecule has 0 aliphatic carbocycles. The number of hydrogen-bond donors (Lipinski definition) is 0. The third-order valence-corrected chi connectivity index (χ3v) is 9.43. The average Bonchev–Trinajstić information content (AvgIpc) is 3.19. The first-order valence-electron chi connectivity index (χ1n) is 22.9. The van der Waals surface area contributed by atoms with E-state index in [4.69, 9.17) is 14.2 Å². The standard InChI is InChI=1S/C50H84O6/c1-4-7-10-13-16-19-21-23-24-25-26-28-29-31-34-37-40-43-49(52)55-46-47(45-54-48(51)42-39-36-33-18-15-12-9-6-3)56-50(53)44-41-38-35-32-30-27-22-20-17-14-11-8-5-2/h7,10-11,14,16,19-20,22-24,26,28,47H,4-6,8-9,12-13,15,17-18,21,25,27,29-46H2,1-3H3/b10-7-,14-11-,19-16-,22-20-,24-23-,28-26-. The van der Waals surface area contributed by atoms with Gasteiger partial charge in [-0.05, 0) is 83.5 Å². The van der Waals surface area contributed by atoms with Crippen LogP contribution in [0.1, 0.15) is 207 Å². The molecular weight excluding hydrogens is 697 g/mol. The van der Waals surface area contributed by atoms with Gasteiger partial charge in [0, 0.05) is 19.3 Å². The Balaban J connectivity index is 4.40. The van der Waals surface area contributed by atoms with Gasteiger partial charge in [-0.1, -0.05) is 177 Å². The van der Waals surface area contributed by atoms with Crippen LogP contribution in [0.4, 0.5) is 0 Å². The van der Waals surface area contributed by atoms with E-state index in [1.807, 2.05) is 0 Å². The Labute approximate surface area is 344 Å². The van der Waals surface area contributed by atoms with E-state index in [-0.39, 0.29) is 31.1 Å². The highest BCUT2D eigenvalue weighted by Crippen LogP contribution is 2.13. The Hall–Kier alpha value is -3.15. The predicted molar refractivity (Wildman–Crippen MR) is 238 cm³/mol. The van der Waals surface area contributed by atoms with Crippen molar-refractivity contribution in [1.82, 2.24) is 0 Å². The molecule has 0 aliphatic heterocycles. The molecule has 0 spiro atoms. The molecule has 320 valence electrons. The van der Waals surface area contributed by atoms with E-state index >= 15 is 0 Å². The van der Waals surface area contributed by atoms with E-state index in [1.165, 1.54) is 38.5 Å². The molecule has 0 aromatic heterocycles. The lowest BCUT2D eigenvalue weighted by Crippen LogP contribution is -2.30. The van der Waals surface area contributed by atoms with Crippen LogP contribution in [0.25, 0.3) is 0 Å².